The molecule has 1 atom stereocenters. The number of carboxylic acid groups (broad SMARTS) is 1. The minimum absolute atomic E-state index is 0.0193. The van der Waals surface area contributed by atoms with Crippen LogP contribution in [0.1, 0.15) is 30.4 Å². The molecule has 1 unspecified atom stereocenters. The van der Waals surface area contributed by atoms with E-state index in [2.05, 4.69) is 4.98 Å². The van der Waals surface area contributed by atoms with E-state index in [0.29, 0.717) is 0 Å². The zero-order valence-corrected chi connectivity index (χ0v) is 11.5. The molecule has 106 valence electrons. The third-order valence-corrected chi connectivity index (χ3v) is 3.84. The van der Waals surface area contributed by atoms with E-state index in [-0.39, 0.29) is 18.2 Å². The predicted octanol–water partition coefficient (Wildman–Crippen LogP) is 3.86. The molecule has 3 rings (SSSR count). The Balaban J connectivity index is 2.16. The van der Waals surface area contributed by atoms with Crippen LogP contribution in [0.5, 0.6) is 0 Å². The number of allylic oxidation sites excluding steroid dienone is 1. The van der Waals surface area contributed by atoms with Gasteiger partial charge in [0, 0.05) is 18.3 Å². The van der Waals surface area contributed by atoms with Crippen molar-refractivity contribution in [3.63, 3.8) is 0 Å². The van der Waals surface area contributed by atoms with E-state index in [9.17, 15) is 9.18 Å². The summed E-state index contributed by atoms with van der Waals surface area (Å²) >= 11 is 0. The lowest BCUT2D eigenvalue weighted by Crippen LogP contribution is -2.06. The van der Waals surface area contributed by atoms with E-state index < -0.39 is 5.97 Å². The summed E-state index contributed by atoms with van der Waals surface area (Å²) < 4.78 is 14.0. The van der Waals surface area contributed by atoms with Crippen molar-refractivity contribution in [2.45, 2.75) is 19.3 Å². The second-order valence-electron chi connectivity index (χ2n) is 5.23. The second-order valence-corrected chi connectivity index (χ2v) is 5.23. The van der Waals surface area contributed by atoms with Gasteiger partial charge in [0.2, 0.25) is 0 Å². The van der Waals surface area contributed by atoms with Gasteiger partial charge in [-0.2, -0.15) is 0 Å². The number of rotatable bonds is 3. The highest BCUT2D eigenvalue weighted by atomic mass is 19.1. The summed E-state index contributed by atoms with van der Waals surface area (Å²) in [7, 11) is 0. The van der Waals surface area contributed by atoms with Crippen LogP contribution < -0.4 is 0 Å². The highest BCUT2D eigenvalue weighted by Gasteiger charge is 2.27. The van der Waals surface area contributed by atoms with Gasteiger partial charge < -0.3 is 5.11 Å². The molecule has 0 aliphatic heterocycles. The fraction of sp³-hybridized carbons (Fsp3) is 0.176. The van der Waals surface area contributed by atoms with Crippen molar-refractivity contribution in [2.24, 2.45) is 0 Å². The van der Waals surface area contributed by atoms with Gasteiger partial charge in [-0.3, -0.25) is 9.78 Å². The van der Waals surface area contributed by atoms with Gasteiger partial charge in [0.25, 0.3) is 0 Å². The molecule has 0 radical (unpaired) electrons. The van der Waals surface area contributed by atoms with Crippen LogP contribution in [-0.4, -0.2) is 16.1 Å². The Hall–Kier alpha value is -2.49. The van der Waals surface area contributed by atoms with Crippen molar-refractivity contribution < 1.29 is 14.3 Å². The summed E-state index contributed by atoms with van der Waals surface area (Å²) in [6.07, 6.45) is 5.26. The third-order valence-electron chi connectivity index (χ3n) is 3.84. The van der Waals surface area contributed by atoms with Gasteiger partial charge in [-0.15, -0.1) is 0 Å². The molecule has 1 N–H and O–H groups in total. The van der Waals surface area contributed by atoms with E-state index in [1.807, 2.05) is 25.1 Å². The normalized spacial score (nSPS) is 16.5. The zero-order chi connectivity index (χ0) is 15.0. The highest BCUT2D eigenvalue weighted by molar-refractivity contribution is 5.83. The Morgan fingerprint density at radius 3 is 2.71 bits per heavy atom. The largest absolute Gasteiger partial charge is 0.481 e. The molecule has 0 spiro atoms. The number of benzene rings is 1. The average Bonchev–Trinajstić information content (AvgIpc) is 2.75. The van der Waals surface area contributed by atoms with Crippen molar-refractivity contribution in [1.29, 1.82) is 0 Å². The Morgan fingerprint density at radius 2 is 2.05 bits per heavy atom. The number of hydrogen-bond donors (Lipinski definition) is 1. The van der Waals surface area contributed by atoms with E-state index in [4.69, 9.17) is 5.11 Å². The van der Waals surface area contributed by atoms with Crippen LogP contribution in [0.25, 0.3) is 17.2 Å². The summed E-state index contributed by atoms with van der Waals surface area (Å²) in [5, 5.41) is 9.04. The van der Waals surface area contributed by atoms with E-state index in [1.54, 1.807) is 12.4 Å². The monoisotopic (exact) mass is 283 g/mol. The lowest BCUT2D eigenvalue weighted by atomic mass is 9.90. The minimum atomic E-state index is -0.879. The number of aromatic nitrogens is 1. The quantitative estimate of drug-likeness (QED) is 0.930. The second kappa shape index (κ2) is 5.13. The summed E-state index contributed by atoms with van der Waals surface area (Å²) in [4.78, 5) is 15.0. The number of fused-ring (bicyclic) bond motifs is 1. The summed E-state index contributed by atoms with van der Waals surface area (Å²) in [6.45, 7) is 1.89. The Morgan fingerprint density at radius 1 is 1.33 bits per heavy atom. The maximum Gasteiger partial charge on any atom is 0.304 e. The fourth-order valence-electron chi connectivity index (χ4n) is 2.88. The van der Waals surface area contributed by atoms with Crippen LogP contribution in [-0.2, 0) is 4.79 Å². The van der Waals surface area contributed by atoms with Crippen LogP contribution in [0.3, 0.4) is 0 Å². The number of aliphatic carboxylic acids is 1. The number of nitrogens with zero attached hydrogens (tertiary/aromatic N) is 1. The summed E-state index contributed by atoms with van der Waals surface area (Å²) in [6, 6.07) is 6.58. The maximum atomic E-state index is 14.0. The minimum Gasteiger partial charge on any atom is -0.481 e. The summed E-state index contributed by atoms with van der Waals surface area (Å²) in [5.41, 5.74) is 4.27. The van der Waals surface area contributed by atoms with Crippen molar-refractivity contribution in [2.75, 3.05) is 0 Å². The topological polar surface area (TPSA) is 50.2 Å². The van der Waals surface area contributed by atoms with Crippen molar-refractivity contribution in [3.05, 3.63) is 59.2 Å². The lowest BCUT2D eigenvalue weighted by Gasteiger charge is -2.14. The number of hydrogen-bond acceptors (Lipinski definition) is 2. The summed E-state index contributed by atoms with van der Waals surface area (Å²) in [5.74, 6) is -1.48. The SMILES string of the molecule is CC1=Cc2c(-c3ccncc3)cc(F)cc2C1CC(=O)O. The van der Waals surface area contributed by atoms with E-state index in [1.165, 1.54) is 12.1 Å². The van der Waals surface area contributed by atoms with Crippen molar-refractivity contribution in [1.82, 2.24) is 4.98 Å². The molecule has 1 aliphatic carbocycles. The van der Waals surface area contributed by atoms with Crippen LogP contribution in [0, 0.1) is 5.82 Å². The van der Waals surface area contributed by atoms with Crippen LogP contribution in [0.15, 0.2) is 42.2 Å². The maximum absolute atomic E-state index is 14.0. The zero-order valence-electron chi connectivity index (χ0n) is 11.5. The van der Waals surface area contributed by atoms with Gasteiger partial charge in [-0.1, -0.05) is 11.6 Å². The van der Waals surface area contributed by atoms with E-state index in [0.717, 1.165) is 27.8 Å². The molecular weight excluding hydrogens is 269 g/mol. The third kappa shape index (κ3) is 2.44. The first-order valence-corrected chi connectivity index (χ1v) is 6.70. The van der Waals surface area contributed by atoms with Gasteiger partial charge in [-0.25, -0.2) is 4.39 Å². The van der Waals surface area contributed by atoms with Gasteiger partial charge in [0.05, 0.1) is 6.42 Å². The first-order chi connectivity index (χ1) is 10.1. The molecule has 4 heteroatoms. The number of carbonyl (C=O) groups is 1. The van der Waals surface area contributed by atoms with Crippen molar-refractivity contribution >= 4 is 12.0 Å². The number of pyridine rings is 1. The van der Waals surface area contributed by atoms with Crippen LogP contribution in [0.4, 0.5) is 4.39 Å². The first-order valence-electron chi connectivity index (χ1n) is 6.70. The van der Waals surface area contributed by atoms with Gasteiger partial charge in [0.1, 0.15) is 5.82 Å². The molecule has 1 aliphatic rings. The Labute approximate surface area is 121 Å². The molecule has 0 saturated carbocycles. The van der Waals surface area contributed by atoms with Crippen molar-refractivity contribution in [3.8, 4) is 11.1 Å². The smallest absolute Gasteiger partial charge is 0.304 e. The molecule has 0 bridgehead atoms. The standard InChI is InChI=1S/C17H14FNO2/c1-10-6-15-14(11-2-4-19-5-3-11)7-12(18)8-16(15)13(10)9-17(20)21/h2-8,13H,9H2,1H3,(H,20,21). The highest BCUT2D eigenvalue weighted by Crippen LogP contribution is 2.43. The molecule has 1 heterocycles. The molecule has 3 nitrogen and oxygen atoms in total. The predicted molar refractivity (Wildman–Crippen MR) is 78.3 cm³/mol. The molecule has 1 aromatic heterocycles. The fourth-order valence-corrected chi connectivity index (χ4v) is 2.88. The molecule has 21 heavy (non-hydrogen) atoms. The lowest BCUT2D eigenvalue weighted by molar-refractivity contribution is -0.137. The average molecular weight is 283 g/mol. The Bertz CT molecular complexity index is 738. The van der Waals surface area contributed by atoms with Crippen LogP contribution >= 0.6 is 0 Å². The number of halogens is 1. The molecular formula is C17H14FNO2. The first kappa shape index (κ1) is 13.5. The number of carboxylic acids is 1. The molecule has 1 aromatic carbocycles. The Kier molecular flexibility index (Phi) is 3.29. The van der Waals surface area contributed by atoms with Gasteiger partial charge in [-0.05, 0) is 53.4 Å². The van der Waals surface area contributed by atoms with Gasteiger partial charge >= 0.3 is 5.97 Å². The van der Waals surface area contributed by atoms with E-state index >= 15 is 0 Å². The molecule has 2 aromatic rings. The molecule has 0 saturated heterocycles. The molecule has 0 fully saturated rings. The molecule has 0 amide bonds. The van der Waals surface area contributed by atoms with Crippen LogP contribution in [0.2, 0.25) is 0 Å². The van der Waals surface area contributed by atoms with Gasteiger partial charge in [0.15, 0.2) is 0 Å².